The molecule has 0 radical (unpaired) electrons. The van der Waals surface area contributed by atoms with Gasteiger partial charge in [-0.3, -0.25) is 4.98 Å². The van der Waals surface area contributed by atoms with Crippen LogP contribution in [0.4, 0.5) is 5.82 Å². The van der Waals surface area contributed by atoms with E-state index in [1.54, 1.807) is 6.20 Å². The van der Waals surface area contributed by atoms with Crippen LogP contribution in [0.1, 0.15) is 30.7 Å². The SMILES string of the molecule is Cc1cc(C)n(-c2cncc(N3CC4CCC3C4)n2)n1. The van der Waals surface area contributed by atoms with E-state index >= 15 is 0 Å². The van der Waals surface area contributed by atoms with Crippen LogP contribution in [-0.4, -0.2) is 32.3 Å². The minimum atomic E-state index is 0.671. The quantitative estimate of drug-likeness (QED) is 0.839. The minimum absolute atomic E-state index is 0.671. The van der Waals surface area contributed by atoms with Crippen molar-refractivity contribution in [2.24, 2.45) is 5.92 Å². The number of aromatic nitrogens is 4. The first-order valence-electron chi connectivity index (χ1n) is 7.33. The highest BCUT2D eigenvalue weighted by Gasteiger charge is 2.38. The molecule has 0 amide bonds. The van der Waals surface area contributed by atoms with Gasteiger partial charge in [-0.05, 0) is 45.1 Å². The lowest BCUT2D eigenvalue weighted by molar-refractivity contribution is 0.549. The van der Waals surface area contributed by atoms with Gasteiger partial charge in [-0.2, -0.15) is 5.10 Å². The van der Waals surface area contributed by atoms with Crippen molar-refractivity contribution in [1.82, 2.24) is 19.7 Å². The van der Waals surface area contributed by atoms with Crippen LogP contribution in [0.25, 0.3) is 5.82 Å². The van der Waals surface area contributed by atoms with Crippen molar-refractivity contribution in [1.29, 1.82) is 0 Å². The van der Waals surface area contributed by atoms with Gasteiger partial charge >= 0.3 is 0 Å². The maximum atomic E-state index is 4.78. The first-order valence-corrected chi connectivity index (χ1v) is 7.33. The first kappa shape index (κ1) is 11.9. The fourth-order valence-corrected chi connectivity index (χ4v) is 3.65. The maximum absolute atomic E-state index is 4.78. The molecule has 2 aliphatic rings. The molecule has 0 spiro atoms. The monoisotopic (exact) mass is 269 g/mol. The van der Waals surface area contributed by atoms with Crippen LogP contribution >= 0.6 is 0 Å². The average Bonchev–Trinajstić information content (AvgIpc) is 3.14. The van der Waals surface area contributed by atoms with Crippen LogP contribution in [0.15, 0.2) is 18.5 Å². The molecule has 2 unspecified atom stereocenters. The molecule has 20 heavy (non-hydrogen) atoms. The molecule has 2 aromatic rings. The van der Waals surface area contributed by atoms with Gasteiger partial charge in [0.05, 0.1) is 18.1 Å². The Bertz CT molecular complexity index is 647. The van der Waals surface area contributed by atoms with Crippen molar-refractivity contribution in [3.8, 4) is 5.82 Å². The zero-order valence-corrected chi connectivity index (χ0v) is 12.0. The van der Waals surface area contributed by atoms with Crippen LogP contribution in [0.3, 0.4) is 0 Å². The smallest absolute Gasteiger partial charge is 0.174 e. The van der Waals surface area contributed by atoms with Crippen molar-refractivity contribution in [2.45, 2.75) is 39.2 Å². The summed E-state index contributed by atoms with van der Waals surface area (Å²) in [6, 6.07) is 2.73. The number of rotatable bonds is 2. The zero-order valence-electron chi connectivity index (χ0n) is 12.0. The Balaban J connectivity index is 1.70. The molecule has 3 heterocycles. The number of nitrogens with zero attached hydrogens (tertiary/aromatic N) is 5. The molecule has 0 aromatic carbocycles. The molecule has 2 aromatic heterocycles. The molecule has 2 fully saturated rings. The van der Waals surface area contributed by atoms with Crippen molar-refractivity contribution in [3.63, 3.8) is 0 Å². The van der Waals surface area contributed by atoms with Crippen molar-refractivity contribution in [3.05, 3.63) is 29.8 Å². The van der Waals surface area contributed by atoms with Crippen LogP contribution in [0, 0.1) is 19.8 Å². The highest BCUT2D eigenvalue weighted by atomic mass is 15.3. The summed E-state index contributed by atoms with van der Waals surface area (Å²) in [5.74, 6) is 2.68. The molecule has 1 saturated carbocycles. The summed E-state index contributed by atoms with van der Waals surface area (Å²) in [5, 5.41) is 4.49. The van der Waals surface area contributed by atoms with Gasteiger partial charge < -0.3 is 4.90 Å². The molecule has 104 valence electrons. The van der Waals surface area contributed by atoms with Gasteiger partial charge in [0.2, 0.25) is 0 Å². The number of piperidine rings is 1. The van der Waals surface area contributed by atoms with Gasteiger partial charge in [-0.1, -0.05) is 0 Å². The fourth-order valence-electron chi connectivity index (χ4n) is 3.65. The Kier molecular flexibility index (Phi) is 2.55. The van der Waals surface area contributed by atoms with Gasteiger partial charge in [0.1, 0.15) is 5.82 Å². The second-order valence-corrected chi connectivity index (χ2v) is 6.06. The molecular formula is C15H19N5. The number of aryl methyl sites for hydroxylation is 2. The Labute approximate surface area is 118 Å². The topological polar surface area (TPSA) is 46.8 Å². The van der Waals surface area contributed by atoms with Gasteiger partial charge in [0, 0.05) is 18.3 Å². The highest BCUT2D eigenvalue weighted by Crippen LogP contribution is 2.39. The fraction of sp³-hybridized carbons (Fsp3) is 0.533. The van der Waals surface area contributed by atoms with Gasteiger partial charge in [-0.15, -0.1) is 0 Å². The number of hydrogen-bond acceptors (Lipinski definition) is 4. The van der Waals surface area contributed by atoms with Crippen molar-refractivity contribution >= 4 is 5.82 Å². The lowest BCUT2D eigenvalue weighted by Crippen LogP contribution is -2.32. The molecule has 0 N–H and O–H groups in total. The van der Waals surface area contributed by atoms with E-state index in [-0.39, 0.29) is 0 Å². The van der Waals surface area contributed by atoms with Crippen LogP contribution in [0.5, 0.6) is 0 Å². The lowest BCUT2D eigenvalue weighted by atomic mass is 10.1. The van der Waals surface area contributed by atoms with E-state index in [1.165, 1.54) is 19.3 Å². The lowest BCUT2D eigenvalue weighted by Gasteiger charge is -2.27. The van der Waals surface area contributed by atoms with E-state index in [0.717, 1.165) is 35.5 Å². The predicted molar refractivity (Wildman–Crippen MR) is 77.1 cm³/mol. The molecule has 1 aliphatic heterocycles. The predicted octanol–water partition coefficient (Wildman–Crippen LogP) is 2.27. The molecule has 4 rings (SSSR count). The van der Waals surface area contributed by atoms with E-state index in [1.807, 2.05) is 24.7 Å². The highest BCUT2D eigenvalue weighted by molar-refractivity contribution is 5.43. The van der Waals surface area contributed by atoms with Gasteiger partial charge in [-0.25, -0.2) is 9.67 Å². The van der Waals surface area contributed by atoms with E-state index in [2.05, 4.69) is 21.0 Å². The Morgan fingerprint density at radius 3 is 2.65 bits per heavy atom. The average molecular weight is 269 g/mol. The maximum Gasteiger partial charge on any atom is 0.174 e. The molecule has 2 atom stereocenters. The summed E-state index contributed by atoms with van der Waals surface area (Å²) in [6.07, 6.45) is 7.68. The third kappa shape index (κ3) is 1.80. The van der Waals surface area contributed by atoms with E-state index in [0.29, 0.717) is 6.04 Å². The van der Waals surface area contributed by atoms with E-state index in [9.17, 15) is 0 Å². The Hall–Kier alpha value is -1.91. The third-order valence-corrected chi connectivity index (χ3v) is 4.54. The summed E-state index contributed by atoms with van der Waals surface area (Å²) in [6.45, 7) is 5.19. The Morgan fingerprint density at radius 2 is 2.00 bits per heavy atom. The summed E-state index contributed by atoms with van der Waals surface area (Å²) in [7, 11) is 0. The standard InChI is InChI=1S/C15H19N5/c1-10-5-11(2)20(18-10)15-8-16-7-14(17-15)19-9-12-3-4-13(19)6-12/h5,7-8,12-13H,3-4,6,9H2,1-2H3. The van der Waals surface area contributed by atoms with E-state index in [4.69, 9.17) is 4.98 Å². The second kappa shape index (κ2) is 4.30. The normalized spacial score (nSPS) is 24.6. The summed E-state index contributed by atoms with van der Waals surface area (Å²) in [4.78, 5) is 11.6. The van der Waals surface area contributed by atoms with Crippen molar-refractivity contribution < 1.29 is 0 Å². The van der Waals surface area contributed by atoms with Crippen LogP contribution in [-0.2, 0) is 0 Å². The molecule has 5 nitrogen and oxygen atoms in total. The first-order chi connectivity index (χ1) is 9.70. The summed E-state index contributed by atoms with van der Waals surface area (Å²) in [5.41, 5.74) is 2.10. The van der Waals surface area contributed by atoms with Gasteiger partial charge in [0.15, 0.2) is 5.82 Å². The number of fused-ring (bicyclic) bond motifs is 2. The van der Waals surface area contributed by atoms with Crippen LogP contribution < -0.4 is 4.90 Å². The second-order valence-electron chi connectivity index (χ2n) is 6.06. The molecule has 5 heteroatoms. The minimum Gasteiger partial charge on any atom is -0.352 e. The van der Waals surface area contributed by atoms with Gasteiger partial charge in [0.25, 0.3) is 0 Å². The Morgan fingerprint density at radius 1 is 1.15 bits per heavy atom. The zero-order chi connectivity index (χ0) is 13.7. The molecule has 2 bridgehead atoms. The number of hydrogen-bond donors (Lipinski definition) is 0. The molecule has 1 saturated heterocycles. The van der Waals surface area contributed by atoms with E-state index < -0.39 is 0 Å². The summed E-state index contributed by atoms with van der Waals surface area (Å²) >= 11 is 0. The molecule has 1 aliphatic carbocycles. The van der Waals surface area contributed by atoms with Crippen molar-refractivity contribution in [2.75, 3.05) is 11.4 Å². The number of anilines is 1. The van der Waals surface area contributed by atoms with Crippen LogP contribution in [0.2, 0.25) is 0 Å². The summed E-state index contributed by atoms with van der Waals surface area (Å²) < 4.78 is 1.88. The largest absolute Gasteiger partial charge is 0.352 e. The third-order valence-electron chi connectivity index (χ3n) is 4.54. The molecular weight excluding hydrogens is 250 g/mol.